The average Bonchev–Trinajstić information content (AvgIpc) is 2.77. The summed E-state index contributed by atoms with van der Waals surface area (Å²) in [5, 5.41) is 0. The fourth-order valence-electron chi connectivity index (χ4n) is 4.44. The van der Waals surface area contributed by atoms with Crippen molar-refractivity contribution < 1.29 is 9.13 Å². The first-order valence-corrected chi connectivity index (χ1v) is 7.97. The number of hydrogen-bond acceptors (Lipinski definition) is 2. The second-order valence-electron chi connectivity index (χ2n) is 7.59. The molecule has 2 nitrogen and oxygen atoms in total. The Kier molecular flexibility index (Phi) is 3.61. The number of rotatable bonds is 4. The van der Waals surface area contributed by atoms with Crippen molar-refractivity contribution in [1.82, 2.24) is 0 Å². The number of halogens is 1. The molecule has 2 bridgehead atoms. The Balaban J connectivity index is 1.64. The van der Waals surface area contributed by atoms with E-state index in [9.17, 15) is 4.39 Å². The first-order chi connectivity index (χ1) is 9.84. The molecular formula is C18H26FNO. The number of ether oxygens (including phenoxy) is 1. The van der Waals surface area contributed by atoms with Gasteiger partial charge >= 0.3 is 0 Å². The zero-order valence-corrected chi connectivity index (χ0v) is 13.2. The largest absolute Gasteiger partial charge is 0.376 e. The third kappa shape index (κ3) is 2.31. The van der Waals surface area contributed by atoms with Crippen LogP contribution in [0.2, 0.25) is 0 Å². The van der Waals surface area contributed by atoms with Crippen LogP contribution in [-0.4, -0.2) is 12.7 Å². The fourth-order valence-corrected chi connectivity index (χ4v) is 4.44. The highest BCUT2D eigenvalue weighted by atomic mass is 19.1. The van der Waals surface area contributed by atoms with Gasteiger partial charge in [-0.3, -0.25) is 0 Å². The van der Waals surface area contributed by atoms with E-state index < -0.39 is 0 Å². The van der Waals surface area contributed by atoms with Gasteiger partial charge in [-0.1, -0.05) is 32.9 Å². The summed E-state index contributed by atoms with van der Waals surface area (Å²) >= 11 is 0. The van der Waals surface area contributed by atoms with E-state index in [1.54, 1.807) is 6.07 Å². The van der Waals surface area contributed by atoms with Crippen molar-refractivity contribution in [1.29, 1.82) is 0 Å². The van der Waals surface area contributed by atoms with Gasteiger partial charge in [0, 0.05) is 0 Å². The Bertz CT molecular complexity index is 530. The van der Waals surface area contributed by atoms with E-state index in [1.807, 2.05) is 6.07 Å². The maximum Gasteiger partial charge on any atom is 0.123 e. The van der Waals surface area contributed by atoms with Gasteiger partial charge < -0.3 is 10.5 Å². The zero-order chi connectivity index (χ0) is 15.3. The molecule has 0 saturated heterocycles. The standard InChI is InChI=1S/C18H26FNO/c1-17(2)13-7-8-18(17,3)16(10-13)21-11-15(20)12-5-4-6-14(19)9-12/h4-6,9,13,15-16H,7-8,10-11,20H2,1-3H3. The summed E-state index contributed by atoms with van der Waals surface area (Å²) in [5.74, 6) is 0.522. The van der Waals surface area contributed by atoms with Gasteiger partial charge in [0.1, 0.15) is 5.82 Å². The molecule has 0 heterocycles. The summed E-state index contributed by atoms with van der Waals surface area (Å²) in [6, 6.07) is 6.25. The second-order valence-corrected chi connectivity index (χ2v) is 7.59. The normalized spacial score (nSPS) is 35.1. The maximum absolute atomic E-state index is 13.3. The summed E-state index contributed by atoms with van der Waals surface area (Å²) in [4.78, 5) is 0. The van der Waals surface area contributed by atoms with E-state index in [2.05, 4.69) is 20.8 Å². The summed E-state index contributed by atoms with van der Waals surface area (Å²) in [5.41, 5.74) is 7.56. The van der Waals surface area contributed by atoms with Crippen molar-refractivity contribution in [2.75, 3.05) is 6.61 Å². The molecule has 0 aliphatic heterocycles. The molecule has 2 saturated carbocycles. The predicted octanol–water partition coefficient (Wildman–Crippen LogP) is 4.06. The number of benzene rings is 1. The van der Waals surface area contributed by atoms with Crippen LogP contribution in [0.15, 0.2) is 24.3 Å². The SMILES string of the molecule is CC1(C)C2CCC1(C)C(OCC(N)c1cccc(F)c1)C2. The van der Waals surface area contributed by atoms with Crippen LogP contribution in [0.5, 0.6) is 0 Å². The fraction of sp³-hybridized carbons (Fsp3) is 0.667. The third-order valence-corrected chi connectivity index (χ3v) is 6.47. The molecule has 3 rings (SSSR count). The van der Waals surface area contributed by atoms with Crippen molar-refractivity contribution in [2.45, 2.75) is 52.2 Å². The van der Waals surface area contributed by atoms with Gasteiger partial charge in [-0.25, -0.2) is 4.39 Å². The molecule has 0 spiro atoms. The molecule has 3 heteroatoms. The van der Waals surface area contributed by atoms with Crippen LogP contribution in [0, 0.1) is 22.6 Å². The topological polar surface area (TPSA) is 35.2 Å². The van der Waals surface area contributed by atoms with Crippen LogP contribution in [-0.2, 0) is 4.74 Å². The van der Waals surface area contributed by atoms with Crippen LogP contribution in [0.25, 0.3) is 0 Å². The Morgan fingerprint density at radius 2 is 2.14 bits per heavy atom. The van der Waals surface area contributed by atoms with Crippen molar-refractivity contribution in [2.24, 2.45) is 22.5 Å². The number of fused-ring (bicyclic) bond motifs is 2. The molecule has 2 aliphatic rings. The molecule has 116 valence electrons. The monoisotopic (exact) mass is 291 g/mol. The van der Waals surface area contributed by atoms with Gasteiger partial charge in [-0.05, 0) is 53.7 Å². The first-order valence-electron chi connectivity index (χ1n) is 7.97. The van der Waals surface area contributed by atoms with Crippen molar-refractivity contribution in [3.63, 3.8) is 0 Å². The van der Waals surface area contributed by atoms with Crippen LogP contribution in [0.4, 0.5) is 4.39 Å². The molecule has 4 unspecified atom stereocenters. The smallest absolute Gasteiger partial charge is 0.123 e. The molecule has 2 N–H and O–H groups in total. The maximum atomic E-state index is 13.3. The van der Waals surface area contributed by atoms with E-state index >= 15 is 0 Å². The van der Waals surface area contributed by atoms with Gasteiger partial charge in [0.25, 0.3) is 0 Å². The van der Waals surface area contributed by atoms with Crippen LogP contribution >= 0.6 is 0 Å². The van der Waals surface area contributed by atoms with E-state index in [0.29, 0.717) is 12.0 Å². The molecular weight excluding hydrogens is 265 g/mol. The molecule has 1 aromatic rings. The predicted molar refractivity (Wildman–Crippen MR) is 82.3 cm³/mol. The van der Waals surface area contributed by atoms with Gasteiger partial charge in [0.05, 0.1) is 18.8 Å². The Morgan fingerprint density at radius 3 is 2.71 bits per heavy atom. The third-order valence-electron chi connectivity index (χ3n) is 6.47. The zero-order valence-electron chi connectivity index (χ0n) is 13.2. The minimum Gasteiger partial charge on any atom is -0.376 e. The highest BCUT2D eigenvalue weighted by Gasteiger charge is 2.61. The van der Waals surface area contributed by atoms with E-state index in [-0.39, 0.29) is 23.4 Å². The molecule has 2 fully saturated rings. The van der Waals surface area contributed by atoms with Crippen molar-refractivity contribution in [3.05, 3.63) is 35.6 Å². The highest BCUT2D eigenvalue weighted by Crippen LogP contribution is 2.66. The number of hydrogen-bond donors (Lipinski definition) is 1. The Morgan fingerprint density at radius 1 is 1.38 bits per heavy atom. The van der Waals surface area contributed by atoms with Crippen LogP contribution < -0.4 is 5.73 Å². The molecule has 0 amide bonds. The lowest BCUT2D eigenvalue weighted by Crippen LogP contribution is -2.38. The van der Waals surface area contributed by atoms with Gasteiger partial charge in [-0.2, -0.15) is 0 Å². The van der Waals surface area contributed by atoms with Gasteiger partial charge in [0.2, 0.25) is 0 Å². The van der Waals surface area contributed by atoms with E-state index in [4.69, 9.17) is 10.5 Å². The summed E-state index contributed by atoms with van der Waals surface area (Å²) in [6.45, 7) is 7.58. The number of nitrogens with two attached hydrogens (primary N) is 1. The lowest BCUT2D eigenvalue weighted by atomic mass is 9.70. The minimum atomic E-state index is -0.258. The average molecular weight is 291 g/mol. The summed E-state index contributed by atoms with van der Waals surface area (Å²) in [6.07, 6.45) is 3.98. The van der Waals surface area contributed by atoms with E-state index in [1.165, 1.54) is 25.0 Å². The van der Waals surface area contributed by atoms with Gasteiger partial charge in [-0.15, -0.1) is 0 Å². The lowest BCUT2D eigenvalue weighted by Gasteiger charge is -2.39. The highest BCUT2D eigenvalue weighted by molar-refractivity contribution is 5.20. The van der Waals surface area contributed by atoms with Crippen molar-refractivity contribution >= 4 is 0 Å². The summed E-state index contributed by atoms with van der Waals surface area (Å²) in [7, 11) is 0. The molecule has 2 aliphatic carbocycles. The molecule has 0 radical (unpaired) electrons. The second kappa shape index (κ2) is 5.06. The molecule has 1 aromatic carbocycles. The van der Waals surface area contributed by atoms with Crippen molar-refractivity contribution in [3.8, 4) is 0 Å². The Labute approximate surface area is 126 Å². The van der Waals surface area contributed by atoms with Gasteiger partial charge in [0.15, 0.2) is 0 Å². The summed E-state index contributed by atoms with van der Waals surface area (Å²) < 4.78 is 19.4. The molecule has 21 heavy (non-hydrogen) atoms. The quantitative estimate of drug-likeness (QED) is 0.908. The van der Waals surface area contributed by atoms with Crippen LogP contribution in [0.3, 0.4) is 0 Å². The lowest BCUT2D eigenvalue weighted by molar-refractivity contribution is -0.0510. The van der Waals surface area contributed by atoms with Crippen LogP contribution in [0.1, 0.15) is 51.6 Å². The molecule has 0 aromatic heterocycles. The molecule has 4 atom stereocenters. The first kappa shape index (κ1) is 15.0. The van der Waals surface area contributed by atoms with E-state index in [0.717, 1.165) is 17.9 Å². The minimum absolute atomic E-state index is 0.240. The Hall–Kier alpha value is -0.930.